The van der Waals surface area contributed by atoms with Gasteiger partial charge in [-0.2, -0.15) is 0 Å². The third kappa shape index (κ3) is 4.81. The second-order valence-electron chi connectivity index (χ2n) is 4.47. The molecule has 0 bridgehead atoms. The van der Waals surface area contributed by atoms with Gasteiger partial charge in [0.1, 0.15) is 5.75 Å². The summed E-state index contributed by atoms with van der Waals surface area (Å²) in [4.78, 5) is 0. The van der Waals surface area contributed by atoms with E-state index in [0.29, 0.717) is 6.42 Å². The summed E-state index contributed by atoms with van der Waals surface area (Å²) in [5.74, 6) is 6.88. The van der Waals surface area contributed by atoms with E-state index in [4.69, 9.17) is 9.84 Å². The van der Waals surface area contributed by atoms with Crippen molar-refractivity contribution in [2.45, 2.75) is 46.1 Å². The highest BCUT2D eigenvalue weighted by Crippen LogP contribution is 2.21. The molecule has 1 unspecified atom stereocenters. The number of hydrogen-bond donors (Lipinski definition) is 1. The molecule has 0 aliphatic rings. The molecular formula is C16H22O2. The molecule has 1 atom stereocenters. The first-order chi connectivity index (χ1) is 8.67. The molecule has 0 fully saturated rings. The predicted octanol–water partition coefficient (Wildman–Crippen LogP) is 3.30. The van der Waals surface area contributed by atoms with Gasteiger partial charge in [-0.1, -0.05) is 25.2 Å². The van der Waals surface area contributed by atoms with E-state index in [2.05, 4.69) is 25.7 Å². The molecule has 2 heteroatoms. The Hall–Kier alpha value is -1.46. The predicted molar refractivity (Wildman–Crippen MR) is 74.8 cm³/mol. The lowest BCUT2D eigenvalue weighted by Crippen LogP contribution is -2.11. The van der Waals surface area contributed by atoms with Gasteiger partial charge >= 0.3 is 0 Å². The van der Waals surface area contributed by atoms with Gasteiger partial charge in [0.25, 0.3) is 0 Å². The van der Waals surface area contributed by atoms with Crippen LogP contribution in [0.5, 0.6) is 5.75 Å². The summed E-state index contributed by atoms with van der Waals surface area (Å²) in [5, 5.41) is 8.67. The summed E-state index contributed by atoms with van der Waals surface area (Å²) in [7, 11) is 0. The lowest BCUT2D eigenvalue weighted by atomic mass is 10.1. The van der Waals surface area contributed by atoms with E-state index in [1.807, 2.05) is 25.1 Å². The minimum Gasteiger partial charge on any atom is -0.490 e. The highest BCUT2D eigenvalue weighted by Gasteiger charge is 2.05. The van der Waals surface area contributed by atoms with E-state index in [0.717, 1.165) is 29.7 Å². The maximum atomic E-state index is 8.67. The molecule has 98 valence electrons. The van der Waals surface area contributed by atoms with Crippen LogP contribution in [0.25, 0.3) is 0 Å². The number of hydrogen-bond acceptors (Lipinski definition) is 2. The largest absolute Gasteiger partial charge is 0.490 e. The molecule has 0 spiro atoms. The van der Waals surface area contributed by atoms with E-state index < -0.39 is 0 Å². The Morgan fingerprint density at radius 3 is 2.78 bits per heavy atom. The fraction of sp³-hybridized carbons (Fsp3) is 0.500. The maximum Gasteiger partial charge on any atom is 0.122 e. The molecule has 2 nitrogen and oxygen atoms in total. The van der Waals surface area contributed by atoms with Crippen LogP contribution in [0.3, 0.4) is 0 Å². The number of aliphatic hydroxyl groups is 1. The lowest BCUT2D eigenvalue weighted by molar-refractivity contribution is 0.208. The Morgan fingerprint density at radius 2 is 2.17 bits per heavy atom. The minimum absolute atomic E-state index is 0.113. The van der Waals surface area contributed by atoms with Crippen LogP contribution < -0.4 is 4.74 Å². The topological polar surface area (TPSA) is 29.5 Å². The second kappa shape index (κ2) is 7.79. The molecule has 0 radical (unpaired) electrons. The molecule has 0 aromatic heterocycles. The molecule has 0 aliphatic heterocycles. The number of benzene rings is 1. The van der Waals surface area contributed by atoms with Gasteiger partial charge in [0, 0.05) is 12.0 Å². The van der Waals surface area contributed by atoms with Crippen molar-refractivity contribution in [3.05, 3.63) is 29.3 Å². The Balaban J connectivity index is 2.71. The molecule has 0 aliphatic carbocycles. The van der Waals surface area contributed by atoms with Crippen molar-refractivity contribution in [1.29, 1.82) is 0 Å². The first-order valence-electron chi connectivity index (χ1n) is 6.54. The Kier molecular flexibility index (Phi) is 6.32. The summed E-state index contributed by atoms with van der Waals surface area (Å²) < 4.78 is 5.88. The average Bonchev–Trinajstić information content (AvgIpc) is 2.33. The fourth-order valence-electron chi connectivity index (χ4n) is 1.76. The van der Waals surface area contributed by atoms with Crippen LogP contribution in [-0.2, 0) is 0 Å². The smallest absolute Gasteiger partial charge is 0.122 e. The van der Waals surface area contributed by atoms with Crippen LogP contribution >= 0.6 is 0 Å². The Bertz CT molecular complexity index is 426. The van der Waals surface area contributed by atoms with Gasteiger partial charge in [0.2, 0.25) is 0 Å². The van der Waals surface area contributed by atoms with Crippen LogP contribution in [0.15, 0.2) is 18.2 Å². The number of aryl methyl sites for hydroxylation is 1. The van der Waals surface area contributed by atoms with Crippen molar-refractivity contribution in [1.82, 2.24) is 0 Å². The zero-order valence-electron chi connectivity index (χ0n) is 11.5. The maximum absolute atomic E-state index is 8.67. The fourth-order valence-corrected chi connectivity index (χ4v) is 1.76. The highest BCUT2D eigenvalue weighted by atomic mass is 16.5. The summed E-state index contributed by atoms with van der Waals surface area (Å²) >= 11 is 0. The number of aliphatic hydroxyl groups excluding tert-OH is 1. The molecule has 0 amide bonds. The summed E-state index contributed by atoms with van der Waals surface area (Å²) in [5.41, 5.74) is 2.07. The molecule has 18 heavy (non-hydrogen) atoms. The van der Waals surface area contributed by atoms with E-state index in [9.17, 15) is 0 Å². The van der Waals surface area contributed by atoms with Crippen LogP contribution in [0, 0.1) is 18.8 Å². The van der Waals surface area contributed by atoms with E-state index >= 15 is 0 Å². The van der Waals surface area contributed by atoms with Gasteiger partial charge in [0.15, 0.2) is 0 Å². The van der Waals surface area contributed by atoms with Gasteiger partial charge in [-0.15, -0.1) is 0 Å². The van der Waals surface area contributed by atoms with Gasteiger partial charge in [0.05, 0.1) is 12.7 Å². The Morgan fingerprint density at radius 1 is 1.39 bits per heavy atom. The molecule has 1 N–H and O–H groups in total. The molecular weight excluding hydrogens is 224 g/mol. The molecule has 0 heterocycles. The second-order valence-corrected chi connectivity index (χ2v) is 4.47. The normalized spacial score (nSPS) is 11.6. The standard InChI is InChI=1S/C16H22O2/c1-4-7-14(3)18-16-10-9-15(12-13(16)2)8-5-6-11-17/h9-10,12,14,17H,4,6-7,11H2,1-3H3. The van der Waals surface area contributed by atoms with E-state index in [-0.39, 0.29) is 12.7 Å². The Labute approximate surface area is 110 Å². The zero-order chi connectivity index (χ0) is 13.4. The average molecular weight is 246 g/mol. The van der Waals surface area contributed by atoms with Gasteiger partial charge in [-0.05, 0) is 44.0 Å². The number of ether oxygens (including phenoxy) is 1. The molecule has 1 aromatic carbocycles. The quantitative estimate of drug-likeness (QED) is 0.808. The molecule has 0 saturated heterocycles. The third-order valence-corrected chi connectivity index (χ3v) is 2.67. The first-order valence-corrected chi connectivity index (χ1v) is 6.54. The van der Waals surface area contributed by atoms with E-state index in [1.165, 1.54) is 0 Å². The van der Waals surface area contributed by atoms with Crippen molar-refractivity contribution in [2.75, 3.05) is 6.61 Å². The third-order valence-electron chi connectivity index (χ3n) is 2.67. The van der Waals surface area contributed by atoms with Gasteiger partial charge in [-0.3, -0.25) is 0 Å². The summed E-state index contributed by atoms with van der Waals surface area (Å²) in [6, 6.07) is 5.97. The highest BCUT2D eigenvalue weighted by molar-refractivity contribution is 5.43. The van der Waals surface area contributed by atoms with Gasteiger partial charge in [-0.25, -0.2) is 0 Å². The van der Waals surface area contributed by atoms with E-state index in [1.54, 1.807) is 0 Å². The van der Waals surface area contributed by atoms with Crippen molar-refractivity contribution in [2.24, 2.45) is 0 Å². The monoisotopic (exact) mass is 246 g/mol. The van der Waals surface area contributed by atoms with Gasteiger partial charge < -0.3 is 9.84 Å². The van der Waals surface area contributed by atoms with Crippen molar-refractivity contribution >= 4 is 0 Å². The molecule has 1 rings (SSSR count). The van der Waals surface area contributed by atoms with Crippen molar-refractivity contribution in [3.8, 4) is 17.6 Å². The van der Waals surface area contributed by atoms with Crippen LogP contribution in [0.2, 0.25) is 0 Å². The van der Waals surface area contributed by atoms with Crippen LogP contribution in [0.1, 0.15) is 44.2 Å². The molecule has 1 aromatic rings. The SMILES string of the molecule is CCCC(C)Oc1ccc(C#CCCO)cc1C. The van der Waals surface area contributed by atoms with Crippen molar-refractivity contribution in [3.63, 3.8) is 0 Å². The van der Waals surface area contributed by atoms with Crippen molar-refractivity contribution < 1.29 is 9.84 Å². The summed E-state index contributed by atoms with van der Waals surface area (Å²) in [6.45, 7) is 6.40. The van der Waals surface area contributed by atoms with Crippen LogP contribution in [0.4, 0.5) is 0 Å². The lowest BCUT2D eigenvalue weighted by Gasteiger charge is -2.15. The summed E-state index contributed by atoms with van der Waals surface area (Å²) in [6.07, 6.45) is 2.97. The minimum atomic E-state index is 0.113. The number of rotatable bonds is 5. The molecule has 0 saturated carbocycles. The van der Waals surface area contributed by atoms with Crippen LogP contribution in [-0.4, -0.2) is 17.8 Å². The zero-order valence-corrected chi connectivity index (χ0v) is 11.5. The first kappa shape index (κ1) is 14.6.